The number of aryl methyl sites for hydroxylation is 1. The molecule has 8 heteroatoms. The number of amides is 1. The van der Waals surface area contributed by atoms with Gasteiger partial charge in [0.15, 0.2) is 0 Å². The van der Waals surface area contributed by atoms with E-state index in [1.807, 2.05) is 42.5 Å². The minimum atomic E-state index is -3.66. The summed E-state index contributed by atoms with van der Waals surface area (Å²) in [7, 11) is -3.66. The molecule has 1 aliphatic rings. The van der Waals surface area contributed by atoms with Crippen molar-refractivity contribution < 1.29 is 13.2 Å². The normalized spacial score (nSPS) is 14.0. The predicted octanol–water partition coefficient (Wildman–Crippen LogP) is 3.83. The summed E-state index contributed by atoms with van der Waals surface area (Å²) in [5.41, 5.74) is 2.51. The van der Waals surface area contributed by atoms with Crippen molar-refractivity contribution in [2.45, 2.75) is 24.9 Å². The van der Waals surface area contributed by atoms with Crippen molar-refractivity contribution in [2.75, 3.05) is 5.32 Å². The minimum absolute atomic E-state index is 0.149. The zero-order valence-electron chi connectivity index (χ0n) is 16.8. The molecule has 0 bridgehead atoms. The molecule has 0 unspecified atom stereocenters. The lowest BCUT2D eigenvalue weighted by molar-refractivity contribution is 0.102. The van der Waals surface area contributed by atoms with Crippen LogP contribution < -0.4 is 5.32 Å². The number of rotatable bonds is 4. The maximum Gasteiger partial charge on any atom is 0.256 e. The summed E-state index contributed by atoms with van der Waals surface area (Å²) in [6, 6.07) is 20.2. The van der Waals surface area contributed by atoms with E-state index < -0.39 is 10.0 Å². The van der Waals surface area contributed by atoms with Gasteiger partial charge in [-0.05, 0) is 41.5 Å². The minimum Gasteiger partial charge on any atom is -0.307 e. The van der Waals surface area contributed by atoms with Gasteiger partial charge in [0.05, 0.1) is 17.1 Å². The molecule has 0 atom stereocenters. The fraction of sp³-hybridized carbons (Fsp3) is 0.130. The Kier molecular flexibility index (Phi) is 4.60. The molecule has 5 rings (SSSR count). The molecular weight excluding hydrogens is 412 g/mol. The molecular formula is C23H20N4O3S. The van der Waals surface area contributed by atoms with E-state index in [0.29, 0.717) is 28.2 Å². The predicted molar refractivity (Wildman–Crippen MR) is 118 cm³/mol. The van der Waals surface area contributed by atoms with Crippen molar-refractivity contribution in [2.24, 2.45) is 0 Å². The van der Waals surface area contributed by atoms with Crippen LogP contribution in [0.15, 0.2) is 71.6 Å². The summed E-state index contributed by atoms with van der Waals surface area (Å²) in [5.74, 6) is 0.146. The Labute approximate surface area is 179 Å². The van der Waals surface area contributed by atoms with Crippen molar-refractivity contribution in [3.8, 4) is 0 Å². The molecule has 0 aliphatic carbocycles. The standard InChI is InChI=1S/C23H20N4O3S/c1-15-6-2-5-9-21(15)31(29,30)27-13-19-20(14-27)25-26-22(19)24-23(28)18-11-10-16-7-3-4-8-17(16)12-18/h2-12H,13-14H2,1H3,(H2,24,25,26,28). The van der Waals surface area contributed by atoms with Gasteiger partial charge in [-0.25, -0.2) is 8.42 Å². The second-order valence-corrected chi connectivity index (χ2v) is 9.48. The highest BCUT2D eigenvalue weighted by Gasteiger charge is 2.35. The molecule has 2 heterocycles. The van der Waals surface area contributed by atoms with Crippen molar-refractivity contribution in [3.63, 3.8) is 0 Å². The Balaban J connectivity index is 1.38. The molecule has 4 aromatic rings. The second-order valence-electron chi connectivity index (χ2n) is 7.58. The number of aromatic amines is 1. The monoisotopic (exact) mass is 432 g/mol. The van der Waals surface area contributed by atoms with Gasteiger partial charge in [0.1, 0.15) is 5.82 Å². The number of hydrogen-bond donors (Lipinski definition) is 2. The number of H-pyrrole nitrogens is 1. The highest BCUT2D eigenvalue weighted by atomic mass is 32.2. The molecule has 3 aromatic carbocycles. The van der Waals surface area contributed by atoms with Gasteiger partial charge in [-0.3, -0.25) is 9.89 Å². The number of fused-ring (bicyclic) bond motifs is 2. The van der Waals surface area contributed by atoms with E-state index in [2.05, 4.69) is 15.5 Å². The maximum absolute atomic E-state index is 13.1. The first-order chi connectivity index (χ1) is 14.9. The van der Waals surface area contributed by atoms with Gasteiger partial charge in [0, 0.05) is 17.7 Å². The number of anilines is 1. The van der Waals surface area contributed by atoms with E-state index in [9.17, 15) is 13.2 Å². The third-order valence-corrected chi connectivity index (χ3v) is 7.53. The summed E-state index contributed by atoms with van der Waals surface area (Å²) in [4.78, 5) is 13.1. The van der Waals surface area contributed by atoms with Crippen LogP contribution in [0.5, 0.6) is 0 Å². The lowest BCUT2D eigenvalue weighted by Crippen LogP contribution is -2.27. The number of nitrogens with zero attached hydrogens (tertiary/aromatic N) is 2. The highest BCUT2D eigenvalue weighted by molar-refractivity contribution is 7.89. The van der Waals surface area contributed by atoms with Crippen molar-refractivity contribution in [1.82, 2.24) is 14.5 Å². The Morgan fingerprint density at radius 1 is 1.00 bits per heavy atom. The topological polar surface area (TPSA) is 95.2 Å². The Hall–Kier alpha value is -3.49. The van der Waals surface area contributed by atoms with Crippen LogP contribution in [0.4, 0.5) is 5.82 Å². The largest absolute Gasteiger partial charge is 0.307 e. The first kappa shape index (κ1) is 19.5. The van der Waals surface area contributed by atoms with Crippen LogP contribution in [0.3, 0.4) is 0 Å². The Morgan fingerprint density at radius 3 is 2.55 bits per heavy atom. The van der Waals surface area contributed by atoms with Crippen molar-refractivity contribution >= 4 is 32.5 Å². The smallest absolute Gasteiger partial charge is 0.256 e. The molecule has 31 heavy (non-hydrogen) atoms. The van der Waals surface area contributed by atoms with Gasteiger partial charge in [0.25, 0.3) is 5.91 Å². The number of nitrogens with one attached hydrogen (secondary N) is 2. The third-order valence-electron chi connectivity index (χ3n) is 5.57. The molecule has 0 fully saturated rings. The highest BCUT2D eigenvalue weighted by Crippen LogP contribution is 2.32. The molecule has 7 nitrogen and oxygen atoms in total. The molecule has 1 aliphatic heterocycles. The van der Waals surface area contributed by atoms with Gasteiger partial charge < -0.3 is 5.32 Å². The van der Waals surface area contributed by atoms with Crippen LogP contribution in [0, 0.1) is 6.92 Å². The number of sulfonamides is 1. The second kappa shape index (κ2) is 7.33. The van der Waals surface area contributed by atoms with Gasteiger partial charge >= 0.3 is 0 Å². The van der Waals surface area contributed by atoms with Crippen molar-refractivity contribution in [3.05, 3.63) is 89.1 Å². The van der Waals surface area contributed by atoms with Crippen LogP contribution in [0.25, 0.3) is 10.8 Å². The number of hydrogen-bond acceptors (Lipinski definition) is 4. The number of aromatic nitrogens is 2. The summed E-state index contributed by atoms with van der Waals surface area (Å²) in [6.45, 7) is 2.08. The van der Waals surface area contributed by atoms with Gasteiger partial charge in [-0.1, -0.05) is 48.5 Å². The lowest BCUT2D eigenvalue weighted by atomic mass is 10.1. The maximum atomic E-state index is 13.1. The number of carbonyl (C=O) groups is 1. The fourth-order valence-corrected chi connectivity index (χ4v) is 5.47. The van der Waals surface area contributed by atoms with Crippen LogP contribution >= 0.6 is 0 Å². The van der Waals surface area contributed by atoms with E-state index in [-0.39, 0.29) is 23.9 Å². The molecule has 1 aromatic heterocycles. The van der Waals surface area contributed by atoms with E-state index in [0.717, 1.165) is 10.8 Å². The number of carbonyl (C=O) groups excluding carboxylic acids is 1. The van der Waals surface area contributed by atoms with Crippen molar-refractivity contribution in [1.29, 1.82) is 0 Å². The quantitative estimate of drug-likeness (QED) is 0.512. The third kappa shape index (κ3) is 3.39. The molecule has 0 spiro atoms. The molecule has 2 N–H and O–H groups in total. The Bertz CT molecular complexity index is 1430. The molecule has 0 radical (unpaired) electrons. The van der Waals surface area contributed by atoms with Crippen LogP contribution in [0.2, 0.25) is 0 Å². The van der Waals surface area contributed by atoms with Crippen LogP contribution in [0.1, 0.15) is 27.2 Å². The first-order valence-corrected chi connectivity index (χ1v) is 11.3. The SMILES string of the molecule is Cc1ccccc1S(=O)(=O)N1Cc2n[nH]c(NC(=O)c3ccc4ccccc4c3)c2C1. The molecule has 0 saturated heterocycles. The zero-order valence-corrected chi connectivity index (χ0v) is 17.6. The molecule has 1 amide bonds. The van der Waals surface area contributed by atoms with Gasteiger partial charge in [0.2, 0.25) is 10.0 Å². The average molecular weight is 433 g/mol. The fourth-order valence-electron chi connectivity index (χ4n) is 3.88. The summed E-state index contributed by atoms with van der Waals surface area (Å²) in [5, 5.41) is 11.9. The van der Waals surface area contributed by atoms with E-state index in [1.165, 1.54) is 4.31 Å². The van der Waals surface area contributed by atoms with E-state index in [1.54, 1.807) is 31.2 Å². The Morgan fingerprint density at radius 2 is 1.74 bits per heavy atom. The molecule has 156 valence electrons. The molecule has 0 saturated carbocycles. The van der Waals surface area contributed by atoms with Crippen LogP contribution in [-0.2, 0) is 23.1 Å². The van der Waals surface area contributed by atoms with Gasteiger partial charge in [-0.2, -0.15) is 9.40 Å². The number of benzene rings is 3. The summed E-state index contributed by atoms with van der Waals surface area (Å²) < 4.78 is 27.6. The van der Waals surface area contributed by atoms with Crippen LogP contribution in [-0.4, -0.2) is 28.8 Å². The summed E-state index contributed by atoms with van der Waals surface area (Å²) in [6.07, 6.45) is 0. The first-order valence-electron chi connectivity index (χ1n) is 9.85. The lowest BCUT2D eigenvalue weighted by Gasteiger charge is -2.17. The zero-order chi connectivity index (χ0) is 21.6. The van der Waals surface area contributed by atoms with E-state index >= 15 is 0 Å². The summed E-state index contributed by atoms with van der Waals surface area (Å²) >= 11 is 0. The van der Waals surface area contributed by atoms with E-state index in [4.69, 9.17) is 0 Å². The van der Waals surface area contributed by atoms with Gasteiger partial charge in [-0.15, -0.1) is 0 Å². The average Bonchev–Trinajstić information content (AvgIpc) is 3.36.